The maximum atomic E-state index is 11.8. The Labute approximate surface area is 152 Å². The molecule has 1 aromatic heterocycles. The Kier molecular flexibility index (Phi) is 7.21. The second-order valence-corrected chi connectivity index (χ2v) is 6.48. The average Bonchev–Trinajstić information content (AvgIpc) is 3.09. The number of hydrogen-bond donors (Lipinski definition) is 2. The van der Waals surface area contributed by atoms with Gasteiger partial charge in [-0.3, -0.25) is 4.79 Å². The number of amides is 1. The molecule has 0 radical (unpaired) electrons. The molecule has 136 valence electrons. The number of methoxy groups -OCH3 is 2. The van der Waals surface area contributed by atoms with E-state index in [4.69, 9.17) is 14.5 Å². The average molecular weight is 364 g/mol. The van der Waals surface area contributed by atoms with Crippen LogP contribution in [0.3, 0.4) is 0 Å². The Bertz CT molecular complexity index is 703. The number of carbonyl (C=O) groups excluding carboxylic acids is 1. The Morgan fingerprint density at radius 1 is 1.24 bits per heavy atom. The fourth-order valence-electron chi connectivity index (χ4n) is 2.55. The third kappa shape index (κ3) is 5.17. The van der Waals surface area contributed by atoms with Gasteiger partial charge >= 0.3 is 0 Å². The van der Waals surface area contributed by atoms with Gasteiger partial charge in [-0.25, -0.2) is 4.98 Å². The number of likely N-dealkylation sites (N-methyl/N-ethyl adjacent to an activating group) is 2. The molecule has 0 aliphatic rings. The molecule has 1 amide bonds. The summed E-state index contributed by atoms with van der Waals surface area (Å²) in [4.78, 5) is 17.7. The standard InChI is InChI=1S/C18H25N3O3S/c1-5-19-17(22)11-21(6-2)10-14-12-25-18(20-14)13-7-8-15(23-3)16(9-13)24-4/h7-9,12H,5-6,10-11H2,1-4H3,(H,19,22)/p+1. The normalized spacial score (nSPS) is 11.8. The van der Waals surface area contributed by atoms with E-state index in [0.717, 1.165) is 29.4 Å². The topological polar surface area (TPSA) is 64.9 Å². The molecular weight excluding hydrogens is 338 g/mol. The zero-order valence-corrected chi connectivity index (χ0v) is 16.0. The van der Waals surface area contributed by atoms with Gasteiger partial charge in [0.25, 0.3) is 5.91 Å². The lowest BCUT2D eigenvalue weighted by Gasteiger charge is -2.15. The van der Waals surface area contributed by atoms with Crippen molar-refractivity contribution in [3.63, 3.8) is 0 Å². The summed E-state index contributed by atoms with van der Waals surface area (Å²) in [5, 5.41) is 5.84. The van der Waals surface area contributed by atoms with Crippen molar-refractivity contribution in [2.24, 2.45) is 0 Å². The molecule has 0 saturated heterocycles. The van der Waals surface area contributed by atoms with Crippen LogP contribution < -0.4 is 19.7 Å². The van der Waals surface area contributed by atoms with E-state index in [9.17, 15) is 4.79 Å². The zero-order valence-electron chi connectivity index (χ0n) is 15.2. The van der Waals surface area contributed by atoms with Gasteiger partial charge in [-0.1, -0.05) is 0 Å². The van der Waals surface area contributed by atoms with Gasteiger partial charge in [0.1, 0.15) is 17.2 Å². The minimum atomic E-state index is 0.0784. The van der Waals surface area contributed by atoms with Crippen LogP contribution in [0.2, 0.25) is 0 Å². The van der Waals surface area contributed by atoms with Crippen LogP contribution in [-0.2, 0) is 11.3 Å². The van der Waals surface area contributed by atoms with Crippen LogP contribution in [-0.4, -0.2) is 44.7 Å². The monoisotopic (exact) mass is 364 g/mol. The van der Waals surface area contributed by atoms with Gasteiger partial charge in [0, 0.05) is 17.5 Å². The van der Waals surface area contributed by atoms with Crippen molar-refractivity contribution >= 4 is 17.2 Å². The van der Waals surface area contributed by atoms with Crippen molar-refractivity contribution < 1.29 is 19.2 Å². The summed E-state index contributed by atoms with van der Waals surface area (Å²) in [6.45, 7) is 6.75. The number of quaternary nitrogens is 1. The van der Waals surface area contributed by atoms with Crippen LogP contribution >= 0.6 is 11.3 Å². The van der Waals surface area contributed by atoms with Crippen LogP contribution in [0.1, 0.15) is 19.5 Å². The molecule has 6 nitrogen and oxygen atoms in total. The molecule has 1 atom stereocenters. The molecule has 0 aliphatic heterocycles. The largest absolute Gasteiger partial charge is 0.493 e. The number of nitrogens with one attached hydrogen (secondary N) is 2. The lowest BCUT2D eigenvalue weighted by Crippen LogP contribution is -3.11. The molecule has 1 unspecified atom stereocenters. The first-order valence-electron chi connectivity index (χ1n) is 8.38. The van der Waals surface area contributed by atoms with Crippen molar-refractivity contribution in [3.05, 3.63) is 29.3 Å². The van der Waals surface area contributed by atoms with Crippen molar-refractivity contribution in [3.8, 4) is 22.1 Å². The van der Waals surface area contributed by atoms with Crippen LogP contribution in [0, 0.1) is 0 Å². The quantitative estimate of drug-likeness (QED) is 0.705. The van der Waals surface area contributed by atoms with Gasteiger partial charge in [-0.2, -0.15) is 0 Å². The van der Waals surface area contributed by atoms with Gasteiger partial charge in [0.05, 0.1) is 20.8 Å². The first-order chi connectivity index (χ1) is 12.1. The van der Waals surface area contributed by atoms with E-state index in [2.05, 4.69) is 17.6 Å². The van der Waals surface area contributed by atoms with E-state index in [0.29, 0.717) is 24.6 Å². The van der Waals surface area contributed by atoms with Gasteiger partial charge in [0.2, 0.25) is 0 Å². The molecule has 0 fully saturated rings. The molecule has 0 bridgehead atoms. The SMILES string of the molecule is CCNC(=O)C[NH+](CC)Cc1csc(-c2ccc(OC)c(OC)c2)n1. The van der Waals surface area contributed by atoms with Crippen LogP contribution in [0.5, 0.6) is 11.5 Å². The van der Waals surface area contributed by atoms with Crippen molar-refractivity contribution in [1.29, 1.82) is 0 Å². The van der Waals surface area contributed by atoms with E-state index < -0.39 is 0 Å². The summed E-state index contributed by atoms with van der Waals surface area (Å²) in [6, 6.07) is 5.79. The van der Waals surface area contributed by atoms with Crippen molar-refractivity contribution in [2.45, 2.75) is 20.4 Å². The van der Waals surface area contributed by atoms with Crippen molar-refractivity contribution in [1.82, 2.24) is 10.3 Å². The molecule has 2 aromatic rings. The van der Waals surface area contributed by atoms with E-state index >= 15 is 0 Å². The number of ether oxygens (including phenoxy) is 2. The number of hydrogen-bond acceptors (Lipinski definition) is 5. The molecule has 1 aromatic carbocycles. The highest BCUT2D eigenvalue weighted by atomic mass is 32.1. The van der Waals surface area contributed by atoms with E-state index in [1.165, 1.54) is 4.90 Å². The number of nitrogens with zero attached hydrogens (tertiary/aromatic N) is 1. The Hall–Kier alpha value is -2.12. The summed E-state index contributed by atoms with van der Waals surface area (Å²) in [5.41, 5.74) is 1.99. The molecule has 7 heteroatoms. The lowest BCUT2D eigenvalue weighted by atomic mass is 10.2. The highest BCUT2D eigenvalue weighted by molar-refractivity contribution is 7.13. The van der Waals surface area contributed by atoms with Crippen molar-refractivity contribution in [2.75, 3.05) is 33.9 Å². The number of benzene rings is 1. The summed E-state index contributed by atoms with van der Waals surface area (Å²) < 4.78 is 10.6. The highest BCUT2D eigenvalue weighted by Crippen LogP contribution is 2.33. The third-order valence-electron chi connectivity index (χ3n) is 3.90. The van der Waals surface area contributed by atoms with Gasteiger partial charge < -0.3 is 19.7 Å². The zero-order chi connectivity index (χ0) is 18.2. The molecule has 1 heterocycles. The first kappa shape index (κ1) is 19.2. The number of rotatable bonds is 9. The maximum Gasteiger partial charge on any atom is 0.275 e. The Morgan fingerprint density at radius 3 is 2.64 bits per heavy atom. The number of aromatic nitrogens is 1. The highest BCUT2D eigenvalue weighted by Gasteiger charge is 2.15. The summed E-state index contributed by atoms with van der Waals surface area (Å²) in [5.74, 6) is 1.47. The molecule has 0 aliphatic carbocycles. The number of carbonyl (C=O) groups is 1. The summed E-state index contributed by atoms with van der Waals surface area (Å²) >= 11 is 1.60. The number of thiazole rings is 1. The second kappa shape index (κ2) is 9.39. The predicted octanol–water partition coefficient (Wildman–Crippen LogP) is 1.37. The van der Waals surface area contributed by atoms with Crippen LogP contribution in [0.4, 0.5) is 0 Å². The fourth-order valence-corrected chi connectivity index (χ4v) is 3.36. The summed E-state index contributed by atoms with van der Waals surface area (Å²) in [6.07, 6.45) is 0. The van der Waals surface area contributed by atoms with Gasteiger partial charge in [-0.15, -0.1) is 11.3 Å². The molecule has 2 N–H and O–H groups in total. The molecule has 25 heavy (non-hydrogen) atoms. The summed E-state index contributed by atoms with van der Waals surface area (Å²) in [7, 11) is 3.24. The van der Waals surface area contributed by atoms with Gasteiger partial charge in [-0.05, 0) is 32.0 Å². The van der Waals surface area contributed by atoms with Crippen LogP contribution in [0.25, 0.3) is 10.6 Å². The smallest absolute Gasteiger partial charge is 0.275 e. The fraction of sp³-hybridized carbons (Fsp3) is 0.444. The molecule has 0 saturated carbocycles. The lowest BCUT2D eigenvalue weighted by molar-refractivity contribution is -0.904. The van der Waals surface area contributed by atoms with E-state index in [1.54, 1.807) is 25.6 Å². The predicted molar refractivity (Wildman–Crippen MR) is 99.4 cm³/mol. The van der Waals surface area contributed by atoms with Gasteiger partial charge in [0.15, 0.2) is 18.0 Å². The first-order valence-corrected chi connectivity index (χ1v) is 9.26. The molecule has 2 rings (SSSR count). The Morgan fingerprint density at radius 2 is 2.00 bits per heavy atom. The maximum absolute atomic E-state index is 11.8. The van der Waals surface area contributed by atoms with Crippen LogP contribution in [0.15, 0.2) is 23.6 Å². The van der Waals surface area contributed by atoms with E-state index in [-0.39, 0.29) is 5.91 Å². The second-order valence-electron chi connectivity index (χ2n) is 5.62. The minimum absolute atomic E-state index is 0.0784. The van der Waals surface area contributed by atoms with E-state index in [1.807, 2.05) is 25.1 Å². The molecular formula is C18H26N3O3S+. The molecule has 0 spiro atoms. The third-order valence-corrected chi connectivity index (χ3v) is 4.84. The Balaban J connectivity index is 2.10. The minimum Gasteiger partial charge on any atom is -0.493 e.